The van der Waals surface area contributed by atoms with E-state index in [1.807, 2.05) is 19.9 Å². The molecule has 0 fully saturated rings. The predicted molar refractivity (Wildman–Crippen MR) is 68.7 cm³/mol. The van der Waals surface area contributed by atoms with E-state index in [0.29, 0.717) is 11.5 Å². The Labute approximate surface area is 106 Å². The Hall–Kier alpha value is -1.48. The van der Waals surface area contributed by atoms with Crippen LogP contribution in [0.25, 0.3) is 6.08 Å². The molecule has 0 saturated heterocycles. The average molecular weight is 255 g/mol. The number of halogens is 1. The van der Waals surface area contributed by atoms with Gasteiger partial charge in [-0.15, -0.1) is 0 Å². The quantitative estimate of drug-likeness (QED) is 0.598. The molecule has 0 atom stereocenters. The molecule has 4 heteroatoms. The minimum Gasteiger partial charge on any atom is -0.493 e. The van der Waals surface area contributed by atoms with Gasteiger partial charge in [0.25, 0.3) is 0 Å². The molecule has 0 amide bonds. The Kier molecular flexibility index (Phi) is 5.04. The van der Waals surface area contributed by atoms with Crippen LogP contribution in [0.2, 0.25) is 0 Å². The third kappa shape index (κ3) is 4.49. The van der Waals surface area contributed by atoms with Crippen LogP contribution in [-0.4, -0.2) is 18.5 Å². The van der Waals surface area contributed by atoms with Gasteiger partial charge in [0.2, 0.25) is 5.24 Å². The van der Waals surface area contributed by atoms with Crippen LogP contribution in [0, 0.1) is 0 Å². The highest BCUT2D eigenvalue weighted by Gasteiger charge is 2.06. The van der Waals surface area contributed by atoms with Gasteiger partial charge in [-0.25, -0.2) is 0 Å². The molecule has 0 N–H and O–H groups in total. The van der Waals surface area contributed by atoms with Gasteiger partial charge in [0.1, 0.15) is 0 Å². The summed E-state index contributed by atoms with van der Waals surface area (Å²) in [6.45, 7) is 3.89. The first-order valence-electron chi connectivity index (χ1n) is 5.25. The Bertz CT molecular complexity index is 425. The summed E-state index contributed by atoms with van der Waals surface area (Å²) in [4.78, 5) is 10.6. The number of ether oxygens (including phenoxy) is 2. The topological polar surface area (TPSA) is 35.5 Å². The van der Waals surface area contributed by atoms with Crippen LogP contribution in [-0.2, 0) is 4.79 Å². The lowest BCUT2D eigenvalue weighted by molar-refractivity contribution is -0.107. The standard InChI is InChI=1S/C13H15ClO3/c1-9(2)17-11-6-4-10(5-7-13(14)15)8-12(11)16-3/h4-9H,1-3H3/b7-5+. The molecule has 0 aliphatic carbocycles. The molecule has 0 bridgehead atoms. The third-order valence-electron chi connectivity index (χ3n) is 1.96. The molecule has 1 aromatic rings. The van der Waals surface area contributed by atoms with Crippen LogP contribution in [0.4, 0.5) is 0 Å². The summed E-state index contributed by atoms with van der Waals surface area (Å²) in [5, 5.41) is -0.508. The zero-order valence-corrected chi connectivity index (χ0v) is 10.8. The number of benzene rings is 1. The first kappa shape index (κ1) is 13.6. The van der Waals surface area contributed by atoms with E-state index in [0.717, 1.165) is 5.56 Å². The highest BCUT2D eigenvalue weighted by Crippen LogP contribution is 2.29. The first-order chi connectivity index (χ1) is 8.02. The summed E-state index contributed by atoms with van der Waals surface area (Å²) >= 11 is 5.22. The normalized spacial score (nSPS) is 10.9. The van der Waals surface area contributed by atoms with Crippen molar-refractivity contribution in [3.8, 4) is 11.5 Å². The van der Waals surface area contributed by atoms with Crippen molar-refractivity contribution in [2.45, 2.75) is 20.0 Å². The molecule has 0 radical (unpaired) electrons. The number of carbonyl (C=O) groups is 1. The average Bonchev–Trinajstić information content (AvgIpc) is 2.26. The Morgan fingerprint density at radius 2 is 2.06 bits per heavy atom. The summed E-state index contributed by atoms with van der Waals surface area (Å²) in [7, 11) is 1.57. The second-order valence-electron chi connectivity index (χ2n) is 3.71. The number of hydrogen-bond acceptors (Lipinski definition) is 3. The van der Waals surface area contributed by atoms with E-state index in [9.17, 15) is 4.79 Å². The minimum atomic E-state index is -0.508. The lowest BCUT2D eigenvalue weighted by Gasteiger charge is -2.13. The molecule has 1 aromatic carbocycles. The van der Waals surface area contributed by atoms with Gasteiger partial charge in [0.05, 0.1) is 13.2 Å². The lowest BCUT2D eigenvalue weighted by Crippen LogP contribution is -2.06. The lowest BCUT2D eigenvalue weighted by atomic mass is 10.2. The van der Waals surface area contributed by atoms with Gasteiger partial charge >= 0.3 is 0 Å². The van der Waals surface area contributed by atoms with E-state index in [-0.39, 0.29) is 6.10 Å². The summed E-state index contributed by atoms with van der Waals surface area (Å²) in [6.07, 6.45) is 2.99. The molecule has 92 valence electrons. The minimum absolute atomic E-state index is 0.0784. The van der Waals surface area contributed by atoms with Crippen LogP contribution in [0.3, 0.4) is 0 Å². The van der Waals surface area contributed by atoms with Gasteiger partial charge < -0.3 is 9.47 Å². The molecular weight excluding hydrogens is 240 g/mol. The van der Waals surface area contributed by atoms with Crippen molar-refractivity contribution in [3.63, 3.8) is 0 Å². The van der Waals surface area contributed by atoms with E-state index >= 15 is 0 Å². The largest absolute Gasteiger partial charge is 0.493 e. The van der Waals surface area contributed by atoms with Gasteiger partial charge in [0.15, 0.2) is 11.5 Å². The molecule has 3 nitrogen and oxygen atoms in total. The van der Waals surface area contributed by atoms with Crippen molar-refractivity contribution in [3.05, 3.63) is 29.8 Å². The number of allylic oxidation sites excluding steroid dienone is 1. The molecule has 17 heavy (non-hydrogen) atoms. The Morgan fingerprint density at radius 1 is 1.35 bits per heavy atom. The molecule has 0 aliphatic heterocycles. The van der Waals surface area contributed by atoms with Crippen molar-refractivity contribution in [1.82, 2.24) is 0 Å². The van der Waals surface area contributed by atoms with Crippen LogP contribution in [0.5, 0.6) is 11.5 Å². The fourth-order valence-electron chi connectivity index (χ4n) is 1.30. The molecular formula is C13H15ClO3. The molecule has 0 aromatic heterocycles. The smallest absolute Gasteiger partial charge is 0.245 e. The highest BCUT2D eigenvalue weighted by atomic mass is 35.5. The zero-order chi connectivity index (χ0) is 12.8. The Balaban J connectivity index is 2.95. The van der Waals surface area contributed by atoms with Crippen LogP contribution < -0.4 is 9.47 Å². The van der Waals surface area contributed by atoms with E-state index in [1.165, 1.54) is 6.08 Å². The number of rotatable bonds is 5. The SMILES string of the molecule is COc1cc(/C=C/C(=O)Cl)ccc1OC(C)C. The second-order valence-corrected chi connectivity index (χ2v) is 4.09. The van der Waals surface area contributed by atoms with Gasteiger partial charge in [-0.2, -0.15) is 0 Å². The molecule has 0 spiro atoms. The van der Waals surface area contributed by atoms with Crippen LogP contribution in [0.15, 0.2) is 24.3 Å². The third-order valence-corrected chi connectivity index (χ3v) is 2.08. The maximum atomic E-state index is 10.6. The molecule has 0 saturated carbocycles. The van der Waals surface area contributed by atoms with Gasteiger partial charge in [0, 0.05) is 0 Å². The summed E-state index contributed by atoms with van der Waals surface area (Å²) < 4.78 is 10.8. The van der Waals surface area contributed by atoms with Crippen LogP contribution >= 0.6 is 11.6 Å². The van der Waals surface area contributed by atoms with E-state index < -0.39 is 5.24 Å². The van der Waals surface area contributed by atoms with Crippen molar-refractivity contribution in [2.75, 3.05) is 7.11 Å². The fraction of sp³-hybridized carbons (Fsp3) is 0.308. The van der Waals surface area contributed by atoms with E-state index in [1.54, 1.807) is 25.3 Å². The second kappa shape index (κ2) is 6.30. The van der Waals surface area contributed by atoms with Crippen molar-refractivity contribution in [2.24, 2.45) is 0 Å². The van der Waals surface area contributed by atoms with Crippen molar-refractivity contribution < 1.29 is 14.3 Å². The highest BCUT2D eigenvalue weighted by molar-refractivity contribution is 6.66. The predicted octanol–water partition coefficient (Wildman–Crippen LogP) is 3.26. The van der Waals surface area contributed by atoms with Crippen molar-refractivity contribution >= 4 is 22.9 Å². The summed E-state index contributed by atoms with van der Waals surface area (Å²) in [6, 6.07) is 5.42. The summed E-state index contributed by atoms with van der Waals surface area (Å²) in [5.74, 6) is 1.31. The van der Waals surface area contributed by atoms with E-state index in [4.69, 9.17) is 21.1 Å². The number of carbonyl (C=O) groups excluding carboxylic acids is 1. The molecule has 0 aliphatic rings. The fourth-order valence-corrected chi connectivity index (χ4v) is 1.36. The number of methoxy groups -OCH3 is 1. The van der Waals surface area contributed by atoms with Gasteiger partial charge in [-0.1, -0.05) is 12.1 Å². The van der Waals surface area contributed by atoms with Crippen molar-refractivity contribution in [1.29, 1.82) is 0 Å². The zero-order valence-electron chi connectivity index (χ0n) is 10.1. The monoisotopic (exact) mass is 254 g/mol. The van der Waals surface area contributed by atoms with E-state index in [2.05, 4.69) is 0 Å². The molecule has 0 unspecified atom stereocenters. The maximum Gasteiger partial charge on any atom is 0.245 e. The Morgan fingerprint density at radius 3 is 2.59 bits per heavy atom. The molecule has 1 rings (SSSR count). The molecule has 0 heterocycles. The van der Waals surface area contributed by atoms with Crippen LogP contribution in [0.1, 0.15) is 19.4 Å². The summed E-state index contributed by atoms with van der Waals surface area (Å²) in [5.41, 5.74) is 0.826. The van der Waals surface area contributed by atoms with Gasteiger partial charge in [-0.3, -0.25) is 4.79 Å². The maximum absolute atomic E-state index is 10.6. The number of hydrogen-bond donors (Lipinski definition) is 0. The van der Waals surface area contributed by atoms with Gasteiger partial charge in [-0.05, 0) is 49.2 Å². The first-order valence-corrected chi connectivity index (χ1v) is 5.63.